The molecule has 21 nitrogen and oxygen atoms in total. The molecule has 2 heterocycles. The molecule has 2 aliphatic rings. The average Bonchev–Trinajstić information content (AvgIpc) is 3.88. The number of hydrogen-bond acceptors (Lipinski definition) is 12. The molecule has 4 rings (SSSR count). The zero-order valence-electron chi connectivity index (χ0n) is 43.6. The summed E-state index contributed by atoms with van der Waals surface area (Å²) < 4.78 is 0. The van der Waals surface area contributed by atoms with E-state index in [1.165, 1.54) is 116 Å². The number of aromatic hydroxyl groups is 2. The van der Waals surface area contributed by atoms with Gasteiger partial charge in [0.05, 0.1) is 19.7 Å². The summed E-state index contributed by atoms with van der Waals surface area (Å²) >= 11 is 0. The summed E-state index contributed by atoms with van der Waals surface area (Å²) in [5, 5.41) is 54.3. The van der Waals surface area contributed by atoms with Crippen molar-refractivity contribution in [1.29, 1.82) is 0 Å². The van der Waals surface area contributed by atoms with Crippen LogP contribution in [0.25, 0.3) is 11.1 Å². The van der Waals surface area contributed by atoms with E-state index in [0.717, 1.165) is 40.4 Å². The number of unbranched alkanes of at least 4 members (excludes halogenated alkanes) is 12. The van der Waals surface area contributed by atoms with Gasteiger partial charge in [0.2, 0.25) is 47.3 Å². The number of aliphatic hydroxyl groups is 1. The van der Waals surface area contributed by atoms with Crippen LogP contribution in [0.5, 0.6) is 11.5 Å². The fourth-order valence-electron chi connectivity index (χ4n) is 9.21. The Labute approximate surface area is 433 Å². The van der Waals surface area contributed by atoms with Crippen molar-refractivity contribution in [3.05, 3.63) is 47.5 Å². The maximum atomic E-state index is 14.2. The number of carboxylic acid groups (broad SMARTS) is 1. The van der Waals surface area contributed by atoms with Gasteiger partial charge in [-0.05, 0) is 68.5 Å². The van der Waals surface area contributed by atoms with Gasteiger partial charge in [0, 0.05) is 44.6 Å². The van der Waals surface area contributed by atoms with Gasteiger partial charge in [-0.3, -0.25) is 38.4 Å². The molecule has 0 unspecified atom stereocenters. The number of fused-ring (bicyclic) bond motifs is 5. The first kappa shape index (κ1) is 59.8. The number of rotatable bonds is 26. The van der Waals surface area contributed by atoms with Crippen LogP contribution >= 0.6 is 0 Å². The highest BCUT2D eigenvalue weighted by molar-refractivity contribution is 5.97. The topological polar surface area (TPSA) is 304 Å². The van der Waals surface area contributed by atoms with E-state index in [1.54, 1.807) is 0 Å². The number of carboxylic acids is 1. The normalized spacial score (nSPS) is 18.4. The molecule has 0 aliphatic carbocycles. The number of phenols is 2. The van der Waals surface area contributed by atoms with Gasteiger partial charge in [-0.1, -0.05) is 96.1 Å². The Balaban J connectivity index is 1.38. The number of aliphatic carboxylic acids is 1. The molecule has 2 aromatic carbocycles. The first-order valence-electron chi connectivity index (χ1n) is 26.1. The molecule has 0 radical (unpaired) electrons. The van der Waals surface area contributed by atoms with Gasteiger partial charge in [0.25, 0.3) is 0 Å². The molecule has 74 heavy (non-hydrogen) atoms. The molecule has 4 bridgehead atoms. The SMILES string of the molecule is CCCCCCCCCCCCCCCC(=O)N(C)[C@H](CO)C(=O)N[C@H](C)C(=O)NCC(=O)N(C)[C@@H]1C(=O)N[C@@H](C)C(=O)N[C@H](C(=O)NCC(=O)N2CCC[C@H]2C(=O)O)Cc2ccc(O)c(c2)-c2cc1ccc2O. The van der Waals surface area contributed by atoms with Crippen molar-refractivity contribution in [3.63, 3.8) is 0 Å². The second kappa shape index (κ2) is 29.8. The van der Waals surface area contributed by atoms with Crippen molar-refractivity contribution >= 4 is 53.2 Å². The van der Waals surface area contributed by atoms with Crippen molar-refractivity contribution < 1.29 is 63.6 Å². The highest BCUT2D eigenvalue weighted by atomic mass is 16.4. The monoisotopic (exact) mass is 1030 g/mol. The maximum absolute atomic E-state index is 14.2. The molecule has 6 atom stereocenters. The van der Waals surface area contributed by atoms with E-state index >= 15 is 0 Å². The van der Waals surface area contributed by atoms with Crippen LogP contribution in [0, 0.1) is 0 Å². The van der Waals surface area contributed by atoms with Crippen LogP contribution in [0.15, 0.2) is 36.4 Å². The molecule has 0 spiro atoms. The number of likely N-dealkylation sites (tertiary alicyclic amines) is 1. The standard InChI is InChI=1S/C53H78N8O13/c1-6-7-8-9-10-11-12-13-14-15-16-17-18-21-44(65)59(4)41(32-62)51(71)56-33(2)48(68)54-30-45(66)60(5)47-36-23-25-43(64)38(29-36)37-27-35(22-24-42(37)63)28-39(58-49(69)34(3)57-52(47)72)50(70)55-31-46(67)61-26-19-20-40(61)53(73)74/h22-25,27,29,33-34,39-41,47,62-64H,6-21,26,28,30-32H2,1-5H3,(H,54,68)(H,55,70)(H,56,71)(H,57,72)(H,58,69)(H,73,74)/t33-,34+,39+,40+,41-,47+/m1/s1. The van der Waals surface area contributed by atoms with Gasteiger partial charge in [-0.2, -0.15) is 0 Å². The third-order valence-electron chi connectivity index (χ3n) is 13.8. The second-order valence-electron chi connectivity index (χ2n) is 19.5. The van der Waals surface area contributed by atoms with E-state index < -0.39 is 103 Å². The predicted octanol–water partition coefficient (Wildman–Crippen LogP) is 2.92. The number of likely N-dealkylation sites (N-methyl/N-ethyl adjacent to an activating group) is 2. The van der Waals surface area contributed by atoms with Gasteiger partial charge < -0.3 is 61.7 Å². The molecule has 2 aromatic rings. The van der Waals surface area contributed by atoms with E-state index in [4.69, 9.17) is 0 Å². The van der Waals surface area contributed by atoms with Crippen molar-refractivity contribution in [2.24, 2.45) is 0 Å². The Hall–Kier alpha value is -6.77. The number of amides is 8. The van der Waals surface area contributed by atoms with Crippen LogP contribution in [0.3, 0.4) is 0 Å². The largest absolute Gasteiger partial charge is 0.507 e. The fourth-order valence-corrected chi connectivity index (χ4v) is 9.21. The van der Waals surface area contributed by atoms with Gasteiger partial charge in [0.15, 0.2) is 0 Å². The Morgan fingerprint density at radius 1 is 0.757 bits per heavy atom. The Morgan fingerprint density at radius 3 is 1.96 bits per heavy atom. The minimum atomic E-state index is -1.53. The first-order valence-corrected chi connectivity index (χ1v) is 26.1. The van der Waals surface area contributed by atoms with Crippen molar-refractivity contribution in [2.45, 2.75) is 166 Å². The molecular formula is C53H78N8O13. The zero-order valence-corrected chi connectivity index (χ0v) is 43.6. The van der Waals surface area contributed by atoms with Crippen LogP contribution in [-0.2, 0) is 49.6 Å². The van der Waals surface area contributed by atoms with Crippen LogP contribution in [0.2, 0.25) is 0 Å². The minimum Gasteiger partial charge on any atom is -0.507 e. The van der Waals surface area contributed by atoms with E-state index in [1.807, 2.05) is 0 Å². The molecule has 0 aromatic heterocycles. The summed E-state index contributed by atoms with van der Waals surface area (Å²) in [5.41, 5.74) is 0.615. The van der Waals surface area contributed by atoms with Crippen LogP contribution in [-0.4, -0.2) is 159 Å². The maximum Gasteiger partial charge on any atom is 0.326 e. The van der Waals surface area contributed by atoms with E-state index in [2.05, 4.69) is 33.5 Å². The molecule has 408 valence electrons. The third-order valence-corrected chi connectivity index (χ3v) is 13.8. The number of benzene rings is 2. The summed E-state index contributed by atoms with van der Waals surface area (Å²) in [7, 11) is 2.68. The molecule has 21 heteroatoms. The summed E-state index contributed by atoms with van der Waals surface area (Å²) in [5.74, 6) is -7.70. The van der Waals surface area contributed by atoms with Gasteiger partial charge in [-0.15, -0.1) is 0 Å². The lowest BCUT2D eigenvalue weighted by Gasteiger charge is -2.30. The quantitative estimate of drug-likeness (QED) is 0.0614. The molecule has 0 saturated carbocycles. The fraction of sp³-hybridized carbons (Fsp3) is 0.604. The van der Waals surface area contributed by atoms with Crippen LogP contribution < -0.4 is 26.6 Å². The predicted molar refractivity (Wildman–Crippen MR) is 274 cm³/mol. The van der Waals surface area contributed by atoms with Gasteiger partial charge in [0.1, 0.15) is 47.8 Å². The van der Waals surface area contributed by atoms with Crippen LogP contribution in [0.4, 0.5) is 0 Å². The van der Waals surface area contributed by atoms with Crippen molar-refractivity contribution in [3.8, 4) is 22.6 Å². The van der Waals surface area contributed by atoms with E-state index in [-0.39, 0.29) is 59.9 Å². The van der Waals surface area contributed by atoms with E-state index in [0.29, 0.717) is 18.4 Å². The number of nitrogens with zero attached hydrogens (tertiary/aromatic N) is 3. The number of hydrogen-bond donors (Lipinski definition) is 9. The first-order chi connectivity index (χ1) is 35.3. The molecule has 1 saturated heterocycles. The van der Waals surface area contributed by atoms with Gasteiger partial charge in [-0.25, -0.2) is 4.79 Å². The number of carbonyl (C=O) groups is 9. The number of aliphatic hydroxyl groups excluding tert-OH is 1. The third kappa shape index (κ3) is 17.4. The lowest BCUT2D eigenvalue weighted by Crippen LogP contribution is -2.56. The number of nitrogens with one attached hydrogen (secondary N) is 5. The molecule has 8 amide bonds. The van der Waals surface area contributed by atoms with Crippen molar-refractivity contribution in [2.75, 3.05) is 40.3 Å². The lowest BCUT2D eigenvalue weighted by atomic mass is 9.93. The summed E-state index contributed by atoms with van der Waals surface area (Å²) in [6.45, 7) is 3.14. The Kier molecular flexibility index (Phi) is 24.1. The highest BCUT2D eigenvalue weighted by Crippen LogP contribution is 2.39. The number of carbonyl (C=O) groups excluding carboxylic acids is 8. The highest BCUT2D eigenvalue weighted by Gasteiger charge is 2.36. The van der Waals surface area contributed by atoms with Gasteiger partial charge >= 0.3 is 5.97 Å². The average molecular weight is 1040 g/mol. The Bertz CT molecular complexity index is 2290. The smallest absolute Gasteiger partial charge is 0.326 e. The minimum absolute atomic E-state index is 0.0332. The number of phenolic OH excluding ortho intramolecular Hbond substituents is 2. The second-order valence-corrected chi connectivity index (χ2v) is 19.5. The molecular weight excluding hydrogens is 957 g/mol. The molecule has 9 N–H and O–H groups in total. The summed E-state index contributed by atoms with van der Waals surface area (Å²) in [4.78, 5) is 123. The van der Waals surface area contributed by atoms with Crippen molar-refractivity contribution in [1.82, 2.24) is 41.3 Å². The van der Waals surface area contributed by atoms with Crippen LogP contribution in [0.1, 0.15) is 141 Å². The summed E-state index contributed by atoms with van der Waals surface area (Å²) in [6, 6.07) is 0.453. The van der Waals surface area contributed by atoms with E-state index in [9.17, 15) is 63.6 Å². The Morgan fingerprint density at radius 2 is 1.35 bits per heavy atom. The molecule has 1 fully saturated rings. The zero-order chi connectivity index (χ0) is 54.5. The lowest BCUT2D eigenvalue weighted by molar-refractivity contribution is -0.148. The summed E-state index contributed by atoms with van der Waals surface area (Å²) in [6.07, 6.45) is 15.7. The molecule has 2 aliphatic heterocycles.